The molecule has 0 unspecified atom stereocenters. The molecule has 6 heteroatoms. The SMILES string of the molecule is CSc1ccc(CCNC(=O)C[C@@H]2Oc3ccc(C)cc3NC2=O)cc1. The number of anilines is 1. The van der Waals surface area contributed by atoms with Crippen molar-refractivity contribution >= 4 is 29.3 Å². The second kappa shape index (κ2) is 8.27. The van der Waals surface area contributed by atoms with Crippen LogP contribution in [-0.2, 0) is 16.0 Å². The highest BCUT2D eigenvalue weighted by Gasteiger charge is 2.29. The van der Waals surface area contributed by atoms with Crippen molar-refractivity contribution in [2.24, 2.45) is 0 Å². The molecular formula is C20H22N2O3S. The number of thioether (sulfide) groups is 1. The topological polar surface area (TPSA) is 67.4 Å². The van der Waals surface area contributed by atoms with Crippen molar-refractivity contribution < 1.29 is 14.3 Å². The second-order valence-electron chi connectivity index (χ2n) is 6.25. The summed E-state index contributed by atoms with van der Waals surface area (Å²) >= 11 is 1.70. The minimum Gasteiger partial charge on any atom is -0.478 e. The first kappa shape index (κ1) is 18.3. The lowest BCUT2D eigenvalue weighted by molar-refractivity contribution is -0.130. The number of benzene rings is 2. The van der Waals surface area contributed by atoms with Crippen LogP contribution in [0.5, 0.6) is 5.75 Å². The highest BCUT2D eigenvalue weighted by Crippen LogP contribution is 2.30. The Morgan fingerprint density at radius 3 is 2.73 bits per heavy atom. The molecule has 1 atom stereocenters. The molecule has 136 valence electrons. The summed E-state index contributed by atoms with van der Waals surface area (Å²) in [6, 6.07) is 13.8. The van der Waals surface area contributed by atoms with Crippen molar-refractivity contribution in [2.45, 2.75) is 30.8 Å². The zero-order valence-electron chi connectivity index (χ0n) is 14.9. The fraction of sp³-hybridized carbons (Fsp3) is 0.300. The van der Waals surface area contributed by atoms with Crippen LogP contribution < -0.4 is 15.4 Å². The third kappa shape index (κ3) is 4.58. The zero-order chi connectivity index (χ0) is 18.5. The number of hydrogen-bond donors (Lipinski definition) is 2. The van der Waals surface area contributed by atoms with Gasteiger partial charge in [0.1, 0.15) is 5.75 Å². The van der Waals surface area contributed by atoms with E-state index in [2.05, 4.69) is 34.9 Å². The summed E-state index contributed by atoms with van der Waals surface area (Å²) in [6.07, 6.45) is 1.99. The number of amides is 2. The first-order valence-electron chi connectivity index (χ1n) is 8.53. The van der Waals surface area contributed by atoms with Crippen molar-refractivity contribution in [1.29, 1.82) is 0 Å². The molecule has 26 heavy (non-hydrogen) atoms. The molecule has 0 aromatic heterocycles. The molecule has 0 radical (unpaired) electrons. The van der Waals surface area contributed by atoms with Gasteiger partial charge in [0, 0.05) is 11.4 Å². The maximum atomic E-state index is 12.1. The Kier molecular flexibility index (Phi) is 5.83. The van der Waals surface area contributed by atoms with Crippen molar-refractivity contribution in [3.05, 3.63) is 53.6 Å². The number of nitrogens with one attached hydrogen (secondary N) is 2. The van der Waals surface area contributed by atoms with Gasteiger partial charge in [-0.15, -0.1) is 11.8 Å². The van der Waals surface area contributed by atoms with Crippen LogP contribution in [0.3, 0.4) is 0 Å². The van der Waals surface area contributed by atoms with Crippen LogP contribution in [0.15, 0.2) is 47.4 Å². The Morgan fingerprint density at radius 2 is 2.00 bits per heavy atom. The quantitative estimate of drug-likeness (QED) is 0.767. The van der Waals surface area contributed by atoms with Gasteiger partial charge in [-0.25, -0.2) is 0 Å². The van der Waals surface area contributed by atoms with Crippen LogP contribution in [0.1, 0.15) is 17.5 Å². The average Bonchev–Trinajstić information content (AvgIpc) is 2.63. The van der Waals surface area contributed by atoms with E-state index in [1.54, 1.807) is 11.8 Å². The summed E-state index contributed by atoms with van der Waals surface area (Å²) < 4.78 is 5.68. The molecule has 1 aliphatic rings. The number of rotatable bonds is 6. The Hall–Kier alpha value is -2.47. The van der Waals surface area contributed by atoms with Gasteiger partial charge >= 0.3 is 0 Å². The molecular weight excluding hydrogens is 348 g/mol. The number of ether oxygens (including phenoxy) is 1. The van der Waals surface area contributed by atoms with E-state index in [9.17, 15) is 9.59 Å². The fourth-order valence-electron chi connectivity index (χ4n) is 2.78. The Morgan fingerprint density at radius 1 is 1.23 bits per heavy atom. The average molecular weight is 370 g/mol. The van der Waals surface area contributed by atoms with Crippen LogP contribution in [-0.4, -0.2) is 30.7 Å². The normalized spacial score (nSPS) is 15.6. The van der Waals surface area contributed by atoms with Gasteiger partial charge in [-0.2, -0.15) is 0 Å². The van der Waals surface area contributed by atoms with E-state index >= 15 is 0 Å². The highest BCUT2D eigenvalue weighted by molar-refractivity contribution is 7.98. The minimum absolute atomic E-state index is 0.00453. The molecule has 2 amide bonds. The largest absolute Gasteiger partial charge is 0.478 e. The Labute approximate surface area is 157 Å². The molecule has 2 N–H and O–H groups in total. The molecule has 0 fully saturated rings. The van der Waals surface area contributed by atoms with E-state index in [0.29, 0.717) is 18.0 Å². The van der Waals surface area contributed by atoms with Crippen LogP contribution in [0.4, 0.5) is 5.69 Å². The molecule has 2 aromatic rings. The lowest BCUT2D eigenvalue weighted by Crippen LogP contribution is -2.41. The summed E-state index contributed by atoms with van der Waals surface area (Å²) in [6.45, 7) is 2.47. The van der Waals surface area contributed by atoms with E-state index < -0.39 is 6.10 Å². The lowest BCUT2D eigenvalue weighted by atomic mass is 10.1. The van der Waals surface area contributed by atoms with Crippen molar-refractivity contribution in [2.75, 3.05) is 18.1 Å². The van der Waals surface area contributed by atoms with E-state index in [4.69, 9.17) is 4.74 Å². The van der Waals surface area contributed by atoms with E-state index in [1.165, 1.54) is 10.5 Å². The van der Waals surface area contributed by atoms with E-state index in [1.807, 2.05) is 31.4 Å². The van der Waals surface area contributed by atoms with Crippen molar-refractivity contribution in [3.8, 4) is 5.75 Å². The van der Waals surface area contributed by atoms with Crippen LogP contribution >= 0.6 is 11.8 Å². The molecule has 2 aromatic carbocycles. The maximum absolute atomic E-state index is 12.1. The number of fused-ring (bicyclic) bond motifs is 1. The van der Waals surface area contributed by atoms with Crippen molar-refractivity contribution in [3.63, 3.8) is 0 Å². The highest BCUT2D eigenvalue weighted by atomic mass is 32.2. The zero-order valence-corrected chi connectivity index (χ0v) is 15.7. The maximum Gasteiger partial charge on any atom is 0.266 e. The standard InChI is InChI=1S/C20H22N2O3S/c1-13-3-8-17-16(11-13)22-20(24)18(25-17)12-19(23)21-10-9-14-4-6-15(26-2)7-5-14/h3-8,11,18H,9-10,12H2,1-2H3,(H,21,23)(H,22,24)/t18-/m0/s1. The van der Waals surface area contributed by atoms with Crippen LogP contribution in [0.25, 0.3) is 0 Å². The predicted octanol–water partition coefficient (Wildman–Crippen LogP) is 3.17. The van der Waals surface area contributed by atoms with Gasteiger partial charge in [-0.05, 0) is 55.0 Å². The van der Waals surface area contributed by atoms with Gasteiger partial charge < -0.3 is 15.4 Å². The van der Waals surface area contributed by atoms with Gasteiger partial charge in [0.25, 0.3) is 5.91 Å². The van der Waals surface area contributed by atoms with Crippen LogP contribution in [0.2, 0.25) is 0 Å². The minimum atomic E-state index is -0.800. The molecule has 1 aliphatic heterocycles. The number of carbonyl (C=O) groups excluding carboxylic acids is 2. The summed E-state index contributed by atoms with van der Waals surface area (Å²) in [5.74, 6) is 0.120. The van der Waals surface area contributed by atoms with E-state index in [0.717, 1.165) is 12.0 Å². The summed E-state index contributed by atoms with van der Waals surface area (Å²) in [5, 5.41) is 5.66. The molecule has 0 spiro atoms. The lowest BCUT2D eigenvalue weighted by Gasteiger charge is -2.25. The Balaban J connectivity index is 1.48. The first-order chi connectivity index (χ1) is 12.5. The van der Waals surface area contributed by atoms with Gasteiger partial charge in [-0.3, -0.25) is 9.59 Å². The monoisotopic (exact) mass is 370 g/mol. The third-order valence-corrected chi connectivity index (χ3v) is 4.96. The van der Waals surface area contributed by atoms with Crippen molar-refractivity contribution in [1.82, 2.24) is 5.32 Å². The van der Waals surface area contributed by atoms with Crippen LogP contribution in [0, 0.1) is 6.92 Å². The fourth-order valence-corrected chi connectivity index (χ4v) is 3.19. The van der Waals surface area contributed by atoms with Gasteiger partial charge in [0.15, 0.2) is 6.10 Å². The van der Waals surface area contributed by atoms with Gasteiger partial charge in [-0.1, -0.05) is 18.2 Å². The summed E-state index contributed by atoms with van der Waals surface area (Å²) in [4.78, 5) is 25.5. The Bertz CT molecular complexity index is 805. The predicted molar refractivity (Wildman–Crippen MR) is 104 cm³/mol. The van der Waals surface area contributed by atoms with E-state index in [-0.39, 0.29) is 18.2 Å². The van der Waals surface area contributed by atoms with Gasteiger partial charge in [0.2, 0.25) is 5.91 Å². The second-order valence-corrected chi connectivity index (χ2v) is 7.13. The summed E-state index contributed by atoms with van der Waals surface area (Å²) in [5.41, 5.74) is 2.86. The first-order valence-corrected chi connectivity index (χ1v) is 9.75. The smallest absolute Gasteiger partial charge is 0.266 e. The molecule has 1 heterocycles. The number of aryl methyl sites for hydroxylation is 1. The molecule has 0 saturated carbocycles. The molecule has 3 rings (SSSR count). The van der Waals surface area contributed by atoms with Gasteiger partial charge in [0.05, 0.1) is 12.1 Å². The summed E-state index contributed by atoms with van der Waals surface area (Å²) in [7, 11) is 0. The molecule has 5 nitrogen and oxygen atoms in total. The molecule has 0 bridgehead atoms. The molecule has 0 saturated heterocycles. The third-order valence-electron chi connectivity index (χ3n) is 4.22. The number of carbonyl (C=O) groups is 2. The number of hydrogen-bond acceptors (Lipinski definition) is 4. The molecule has 0 aliphatic carbocycles.